The van der Waals surface area contributed by atoms with Crippen molar-refractivity contribution < 1.29 is 24.3 Å². The predicted molar refractivity (Wildman–Crippen MR) is 72.8 cm³/mol. The van der Waals surface area contributed by atoms with E-state index in [2.05, 4.69) is 0 Å². The Bertz CT molecular complexity index is 521. The number of imide groups is 1. The highest BCUT2D eigenvalue weighted by molar-refractivity contribution is 6.01. The molecule has 0 saturated carbocycles. The van der Waals surface area contributed by atoms with Crippen LogP contribution in [0.4, 0.5) is 0 Å². The van der Waals surface area contributed by atoms with Gasteiger partial charge in [0.1, 0.15) is 5.75 Å². The summed E-state index contributed by atoms with van der Waals surface area (Å²) in [7, 11) is 0. The van der Waals surface area contributed by atoms with Crippen LogP contribution in [0.25, 0.3) is 0 Å². The zero-order valence-corrected chi connectivity index (χ0v) is 11.6. The van der Waals surface area contributed by atoms with E-state index in [1.807, 2.05) is 12.1 Å². The van der Waals surface area contributed by atoms with E-state index >= 15 is 0 Å². The van der Waals surface area contributed by atoms with Crippen molar-refractivity contribution in [3.63, 3.8) is 0 Å². The fourth-order valence-electron chi connectivity index (χ4n) is 2.07. The van der Waals surface area contributed by atoms with Crippen molar-refractivity contribution in [1.29, 1.82) is 0 Å². The summed E-state index contributed by atoms with van der Waals surface area (Å²) in [5.41, 5.74) is 1.08. The second kappa shape index (κ2) is 6.88. The van der Waals surface area contributed by atoms with Crippen LogP contribution >= 0.6 is 0 Å². The largest absolute Gasteiger partial charge is 0.508 e. The Hall–Kier alpha value is -2.37. The van der Waals surface area contributed by atoms with Gasteiger partial charge in [-0.2, -0.15) is 0 Å². The molecule has 0 bridgehead atoms. The lowest BCUT2D eigenvalue weighted by molar-refractivity contribution is -0.197. The van der Waals surface area contributed by atoms with Crippen LogP contribution in [0.15, 0.2) is 24.3 Å². The van der Waals surface area contributed by atoms with Crippen LogP contribution in [0.5, 0.6) is 5.75 Å². The fourth-order valence-corrected chi connectivity index (χ4v) is 2.07. The molecule has 0 atom stereocenters. The molecular weight excluding hydrogens is 274 g/mol. The quantitative estimate of drug-likeness (QED) is 0.637. The minimum Gasteiger partial charge on any atom is -0.508 e. The molecule has 1 aromatic rings. The highest BCUT2D eigenvalue weighted by atomic mass is 16.7. The van der Waals surface area contributed by atoms with Gasteiger partial charge in [0.25, 0.3) is 11.8 Å². The number of aromatic hydroxyl groups is 1. The summed E-state index contributed by atoms with van der Waals surface area (Å²) in [6, 6.07) is 6.90. The van der Waals surface area contributed by atoms with Crippen LogP contribution in [0.2, 0.25) is 0 Å². The number of aryl methyl sites for hydroxylation is 1. The molecule has 21 heavy (non-hydrogen) atoms. The molecule has 0 unspecified atom stereocenters. The predicted octanol–water partition coefficient (Wildman–Crippen LogP) is 1.71. The van der Waals surface area contributed by atoms with Crippen LogP contribution in [-0.4, -0.2) is 28.0 Å². The first kappa shape index (κ1) is 15.0. The standard InChI is InChI=1S/C15H17NO5/c17-12-7-5-11(6-8-12)3-1-2-4-15(20)21-16-13(18)9-10-14(16)19/h5-8,17H,1-4,9-10H2. The third kappa shape index (κ3) is 4.30. The highest BCUT2D eigenvalue weighted by Crippen LogP contribution is 2.15. The van der Waals surface area contributed by atoms with Gasteiger partial charge in [-0.25, -0.2) is 4.79 Å². The number of amides is 2. The van der Waals surface area contributed by atoms with Crippen molar-refractivity contribution >= 4 is 17.8 Å². The minimum atomic E-state index is -0.565. The summed E-state index contributed by atoms with van der Waals surface area (Å²) in [5.74, 6) is -1.26. The lowest BCUT2D eigenvalue weighted by Gasteiger charge is -2.12. The number of benzene rings is 1. The molecule has 1 fully saturated rings. The van der Waals surface area contributed by atoms with Gasteiger partial charge in [-0.3, -0.25) is 9.59 Å². The minimum absolute atomic E-state index is 0.104. The smallest absolute Gasteiger partial charge is 0.333 e. The van der Waals surface area contributed by atoms with Gasteiger partial charge in [-0.05, 0) is 37.0 Å². The number of phenols is 1. The lowest BCUT2D eigenvalue weighted by Crippen LogP contribution is -2.31. The van der Waals surface area contributed by atoms with E-state index in [9.17, 15) is 14.4 Å². The van der Waals surface area contributed by atoms with Gasteiger partial charge in [0.05, 0.1) is 0 Å². The molecule has 1 aliphatic heterocycles. The Kier molecular flexibility index (Phi) is 4.92. The second-order valence-corrected chi connectivity index (χ2v) is 4.92. The number of rotatable bonds is 6. The first-order valence-corrected chi connectivity index (χ1v) is 6.91. The number of hydrogen-bond donors (Lipinski definition) is 1. The van der Waals surface area contributed by atoms with Crippen LogP contribution in [-0.2, 0) is 25.6 Å². The van der Waals surface area contributed by atoms with Crippen molar-refractivity contribution in [1.82, 2.24) is 5.06 Å². The van der Waals surface area contributed by atoms with E-state index in [0.29, 0.717) is 11.5 Å². The van der Waals surface area contributed by atoms with E-state index in [0.717, 1.165) is 18.4 Å². The molecule has 112 valence electrons. The maximum absolute atomic E-state index is 11.5. The molecule has 0 spiro atoms. The van der Waals surface area contributed by atoms with Gasteiger partial charge < -0.3 is 9.94 Å². The van der Waals surface area contributed by atoms with E-state index in [-0.39, 0.29) is 25.0 Å². The average Bonchev–Trinajstić information content (AvgIpc) is 2.77. The maximum Gasteiger partial charge on any atom is 0.333 e. The molecule has 6 nitrogen and oxygen atoms in total. The molecule has 0 radical (unpaired) electrons. The molecule has 0 aliphatic carbocycles. The average molecular weight is 291 g/mol. The number of phenolic OH excluding ortho intramolecular Hbond substituents is 1. The van der Waals surface area contributed by atoms with Crippen LogP contribution in [0.1, 0.15) is 37.7 Å². The van der Waals surface area contributed by atoms with E-state index < -0.39 is 17.8 Å². The summed E-state index contributed by atoms with van der Waals surface area (Å²) >= 11 is 0. The zero-order chi connectivity index (χ0) is 15.2. The van der Waals surface area contributed by atoms with Crippen LogP contribution in [0.3, 0.4) is 0 Å². The molecule has 2 amide bonds. The van der Waals surface area contributed by atoms with E-state index in [1.54, 1.807) is 12.1 Å². The Morgan fingerprint density at radius 2 is 1.71 bits per heavy atom. The van der Waals surface area contributed by atoms with Gasteiger partial charge in [0, 0.05) is 19.3 Å². The number of hydrogen-bond acceptors (Lipinski definition) is 5. The first-order chi connectivity index (χ1) is 10.1. The molecule has 1 aromatic carbocycles. The molecule has 1 N–H and O–H groups in total. The molecule has 0 aromatic heterocycles. The maximum atomic E-state index is 11.5. The van der Waals surface area contributed by atoms with Crippen molar-refractivity contribution in [2.45, 2.75) is 38.5 Å². The molecule has 2 rings (SSSR count). The number of carbonyl (C=O) groups excluding carboxylic acids is 3. The van der Waals surface area contributed by atoms with Gasteiger partial charge in [0.2, 0.25) is 0 Å². The lowest BCUT2D eigenvalue weighted by atomic mass is 10.1. The molecule has 1 heterocycles. The van der Waals surface area contributed by atoms with E-state index in [1.165, 1.54) is 0 Å². The van der Waals surface area contributed by atoms with Gasteiger partial charge in [-0.15, -0.1) is 5.06 Å². The van der Waals surface area contributed by atoms with Gasteiger partial charge in [-0.1, -0.05) is 12.1 Å². The summed E-state index contributed by atoms with van der Waals surface area (Å²) < 4.78 is 0. The Labute approximate surface area is 122 Å². The Morgan fingerprint density at radius 3 is 2.33 bits per heavy atom. The summed E-state index contributed by atoms with van der Waals surface area (Å²) in [6.45, 7) is 0. The number of carbonyl (C=O) groups is 3. The first-order valence-electron chi connectivity index (χ1n) is 6.91. The third-order valence-electron chi connectivity index (χ3n) is 3.23. The number of hydroxylamine groups is 2. The third-order valence-corrected chi connectivity index (χ3v) is 3.23. The van der Waals surface area contributed by atoms with Gasteiger partial charge >= 0.3 is 5.97 Å². The van der Waals surface area contributed by atoms with E-state index in [4.69, 9.17) is 9.94 Å². The Balaban J connectivity index is 1.66. The molecule has 1 saturated heterocycles. The summed E-state index contributed by atoms with van der Waals surface area (Å²) in [4.78, 5) is 38.9. The monoisotopic (exact) mass is 291 g/mol. The Morgan fingerprint density at radius 1 is 1.10 bits per heavy atom. The SMILES string of the molecule is O=C(CCCCc1ccc(O)cc1)ON1C(=O)CCC1=O. The van der Waals surface area contributed by atoms with Crippen molar-refractivity contribution in [2.24, 2.45) is 0 Å². The highest BCUT2D eigenvalue weighted by Gasteiger charge is 2.32. The van der Waals surface area contributed by atoms with Crippen molar-refractivity contribution in [3.05, 3.63) is 29.8 Å². The number of unbranched alkanes of at least 4 members (excludes halogenated alkanes) is 1. The van der Waals surface area contributed by atoms with Crippen LogP contribution in [0, 0.1) is 0 Å². The van der Waals surface area contributed by atoms with Crippen LogP contribution < -0.4 is 0 Å². The summed E-state index contributed by atoms with van der Waals surface area (Å²) in [6.07, 6.45) is 2.54. The normalized spacial score (nSPS) is 14.6. The zero-order valence-electron chi connectivity index (χ0n) is 11.6. The van der Waals surface area contributed by atoms with Gasteiger partial charge in [0.15, 0.2) is 0 Å². The molecule has 1 aliphatic rings. The molecule has 6 heteroatoms. The molecular formula is C15H17NO5. The fraction of sp³-hybridized carbons (Fsp3) is 0.400. The summed E-state index contributed by atoms with van der Waals surface area (Å²) in [5, 5.41) is 9.73. The van der Waals surface area contributed by atoms with Crippen molar-refractivity contribution in [3.8, 4) is 5.75 Å². The second-order valence-electron chi connectivity index (χ2n) is 4.92. The topological polar surface area (TPSA) is 83.9 Å². The number of nitrogens with zero attached hydrogens (tertiary/aromatic N) is 1. The van der Waals surface area contributed by atoms with Crippen molar-refractivity contribution in [2.75, 3.05) is 0 Å².